The third-order valence-corrected chi connectivity index (χ3v) is 7.98. The van der Waals surface area contributed by atoms with Crippen LogP contribution < -0.4 is 15.5 Å². The second-order valence-electron chi connectivity index (χ2n) is 10.3. The van der Waals surface area contributed by atoms with Gasteiger partial charge in [0.05, 0.1) is 10.0 Å². The summed E-state index contributed by atoms with van der Waals surface area (Å²) in [7, 11) is 0. The number of hydroxylamine groups is 1. The van der Waals surface area contributed by atoms with E-state index in [1.807, 2.05) is 48.5 Å². The first-order valence-corrected chi connectivity index (χ1v) is 14.5. The molecule has 1 fully saturated rings. The highest BCUT2D eigenvalue weighted by Gasteiger charge is 2.30. The summed E-state index contributed by atoms with van der Waals surface area (Å²) in [6.45, 7) is 2.78. The minimum Gasteiger partial charge on any atom is -0.486 e. The van der Waals surface area contributed by atoms with E-state index in [0.29, 0.717) is 28.7 Å². The van der Waals surface area contributed by atoms with Gasteiger partial charge in [0, 0.05) is 31.9 Å². The predicted molar refractivity (Wildman–Crippen MR) is 162 cm³/mol. The van der Waals surface area contributed by atoms with E-state index in [4.69, 9.17) is 27.9 Å². The Hall–Kier alpha value is -3.82. The molecule has 2 heterocycles. The summed E-state index contributed by atoms with van der Waals surface area (Å²) in [5.41, 5.74) is 4.76. The summed E-state index contributed by atoms with van der Waals surface area (Å²) in [5, 5.41) is 13.5. The Morgan fingerprint density at radius 3 is 2.24 bits per heavy atom. The Bertz CT molecular complexity index is 1530. The van der Waals surface area contributed by atoms with Crippen LogP contribution in [0.2, 0.25) is 10.0 Å². The molecule has 218 valence electrons. The number of aromatic nitrogens is 1. The van der Waals surface area contributed by atoms with Crippen molar-refractivity contribution in [3.8, 4) is 5.75 Å². The zero-order valence-corrected chi connectivity index (χ0v) is 24.4. The molecule has 0 radical (unpaired) electrons. The van der Waals surface area contributed by atoms with Crippen molar-refractivity contribution in [3.63, 3.8) is 0 Å². The number of nitrogens with one attached hydrogen (secondary N) is 2. The van der Waals surface area contributed by atoms with Crippen molar-refractivity contribution in [1.82, 2.24) is 20.3 Å². The number of carbonyl (C=O) groups is 2. The van der Waals surface area contributed by atoms with Gasteiger partial charge in [-0.05, 0) is 48.2 Å². The molecule has 1 aromatic heterocycles. The molecule has 0 spiro atoms. The van der Waals surface area contributed by atoms with E-state index < -0.39 is 5.91 Å². The van der Waals surface area contributed by atoms with Crippen LogP contribution in [0.15, 0.2) is 85.1 Å². The third-order valence-electron chi connectivity index (χ3n) is 7.25. The highest BCUT2D eigenvalue weighted by atomic mass is 35.5. The zero-order chi connectivity index (χ0) is 29.5. The van der Waals surface area contributed by atoms with Crippen LogP contribution in [-0.2, 0) is 19.7 Å². The second-order valence-corrected chi connectivity index (χ2v) is 11.2. The van der Waals surface area contributed by atoms with Gasteiger partial charge in [-0.3, -0.25) is 19.7 Å². The van der Waals surface area contributed by atoms with Gasteiger partial charge in [0.25, 0.3) is 11.8 Å². The number of nitrogens with zero attached hydrogens (tertiary/aromatic N) is 2. The van der Waals surface area contributed by atoms with Crippen molar-refractivity contribution < 1.29 is 19.5 Å². The highest BCUT2D eigenvalue weighted by molar-refractivity contribution is 6.42. The van der Waals surface area contributed by atoms with E-state index in [2.05, 4.69) is 22.3 Å². The SMILES string of the molecule is O=C(NO)c1cn(Cc2ccccc2)c(C(=O)NC2CCCN(Cc3ccccc3)C2)c1OCc1ccc(Cl)c(Cl)c1. The first-order chi connectivity index (χ1) is 20.4. The lowest BCUT2D eigenvalue weighted by Gasteiger charge is -2.33. The fraction of sp³-hybridized carbons (Fsp3) is 0.250. The third kappa shape index (κ3) is 7.33. The van der Waals surface area contributed by atoms with Crippen molar-refractivity contribution in [2.75, 3.05) is 13.1 Å². The van der Waals surface area contributed by atoms with E-state index in [1.165, 1.54) is 11.8 Å². The van der Waals surface area contributed by atoms with Crippen LogP contribution in [0.3, 0.4) is 0 Å². The fourth-order valence-corrected chi connectivity index (χ4v) is 5.56. The Kier molecular flexibility index (Phi) is 9.81. The summed E-state index contributed by atoms with van der Waals surface area (Å²) < 4.78 is 7.82. The van der Waals surface area contributed by atoms with Gasteiger partial charge in [-0.15, -0.1) is 0 Å². The molecule has 0 aliphatic carbocycles. The molecule has 2 amide bonds. The molecule has 3 aromatic carbocycles. The molecule has 1 aliphatic heterocycles. The average molecular weight is 608 g/mol. The number of rotatable bonds is 10. The number of hydrogen-bond donors (Lipinski definition) is 3. The maximum Gasteiger partial charge on any atom is 0.279 e. The lowest BCUT2D eigenvalue weighted by Crippen LogP contribution is -2.47. The molecule has 1 aliphatic rings. The molecule has 4 aromatic rings. The smallest absolute Gasteiger partial charge is 0.279 e. The Morgan fingerprint density at radius 1 is 0.881 bits per heavy atom. The van der Waals surface area contributed by atoms with Gasteiger partial charge in [0.1, 0.15) is 12.2 Å². The van der Waals surface area contributed by atoms with Crippen LogP contribution in [0, 0.1) is 0 Å². The highest BCUT2D eigenvalue weighted by Crippen LogP contribution is 2.30. The van der Waals surface area contributed by atoms with Crippen LogP contribution in [-0.4, -0.2) is 45.6 Å². The molecule has 8 nitrogen and oxygen atoms in total. The molecule has 10 heteroatoms. The van der Waals surface area contributed by atoms with Gasteiger partial charge in [0.15, 0.2) is 11.4 Å². The normalized spacial score (nSPS) is 15.3. The van der Waals surface area contributed by atoms with E-state index in [1.54, 1.807) is 28.2 Å². The molecule has 0 bridgehead atoms. The number of likely N-dealkylation sites (tertiary alicyclic amines) is 1. The monoisotopic (exact) mass is 606 g/mol. The van der Waals surface area contributed by atoms with Gasteiger partial charge in [0.2, 0.25) is 0 Å². The van der Waals surface area contributed by atoms with Crippen molar-refractivity contribution >= 4 is 35.0 Å². The topological polar surface area (TPSA) is 95.8 Å². The largest absolute Gasteiger partial charge is 0.486 e. The molecule has 0 saturated carbocycles. The van der Waals surface area contributed by atoms with Crippen LogP contribution in [0.5, 0.6) is 5.75 Å². The zero-order valence-electron chi connectivity index (χ0n) is 22.9. The molecule has 5 rings (SSSR count). The predicted octanol–water partition coefficient (Wildman–Crippen LogP) is 5.94. The van der Waals surface area contributed by atoms with Gasteiger partial charge >= 0.3 is 0 Å². The van der Waals surface area contributed by atoms with E-state index >= 15 is 0 Å². The van der Waals surface area contributed by atoms with E-state index in [9.17, 15) is 14.8 Å². The number of benzene rings is 3. The Labute approximate surface area is 254 Å². The van der Waals surface area contributed by atoms with Crippen molar-refractivity contribution in [2.45, 2.75) is 38.6 Å². The number of ether oxygens (including phenoxy) is 1. The maximum absolute atomic E-state index is 14.0. The summed E-state index contributed by atoms with van der Waals surface area (Å²) in [6.07, 6.45) is 3.31. The number of amides is 2. The first kappa shape index (κ1) is 29.7. The molecule has 1 atom stereocenters. The quantitative estimate of drug-likeness (QED) is 0.153. The lowest BCUT2D eigenvalue weighted by atomic mass is 10.0. The maximum atomic E-state index is 14.0. The van der Waals surface area contributed by atoms with Crippen LogP contribution in [0.1, 0.15) is 50.4 Å². The number of hydrogen-bond acceptors (Lipinski definition) is 5. The average Bonchev–Trinajstić information content (AvgIpc) is 3.36. The Balaban J connectivity index is 1.43. The lowest BCUT2D eigenvalue weighted by molar-refractivity contribution is 0.0702. The standard InChI is InChI=1S/C32H32Cl2N4O4/c33-27-14-13-24(16-28(27)34)21-42-30-26(31(39)36-41)20-38(18-23-10-5-2-6-11-23)29(30)32(40)35-25-12-7-15-37(19-25)17-22-8-3-1-4-9-22/h1-6,8-11,13-14,16,20,25,41H,7,12,15,17-19,21H2,(H,35,40)(H,36,39). The minimum absolute atomic E-state index is 0.0203. The van der Waals surface area contributed by atoms with Gasteiger partial charge in [-0.1, -0.05) is 89.9 Å². The van der Waals surface area contributed by atoms with Crippen LogP contribution in [0.25, 0.3) is 0 Å². The molecular weight excluding hydrogens is 575 g/mol. The van der Waals surface area contributed by atoms with Gasteiger partial charge < -0.3 is 14.6 Å². The number of piperidine rings is 1. The first-order valence-electron chi connectivity index (χ1n) is 13.8. The molecule has 1 saturated heterocycles. The van der Waals surface area contributed by atoms with Gasteiger partial charge in [-0.25, -0.2) is 5.48 Å². The summed E-state index contributed by atoms with van der Waals surface area (Å²) in [4.78, 5) is 29.1. The minimum atomic E-state index is -0.785. The van der Waals surface area contributed by atoms with Gasteiger partial charge in [-0.2, -0.15) is 0 Å². The molecule has 3 N–H and O–H groups in total. The number of carbonyl (C=O) groups excluding carboxylic acids is 2. The number of halogens is 2. The van der Waals surface area contributed by atoms with E-state index in [0.717, 1.165) is 31.5 Å². The second kappa shape index (κ2) is 13.9. The molecule has 1 unspecified atom stereocenters. The summed E-state index contributed by atoms with van der Waals surface area (Å²) >= 11 is 12.3. The van der Waals surface area contributed by atoms with Crippen LogP contribution >= 0.6 is 23.2 Å². The molecular formula is C32H32Cl2N4O4. The molecule has 42 heavy (non-hydrogen) atoms. The summed E-state index contributed by atoms with van der Waals surface area (Å²) in [6, 6.07) is 24.8. The van der Waals surface area contributed by atoms with Crippen molar-refractivity contribution in [3.05, 3.63) is 123 Å². The van der Waals surface area contributed by atoms with Crippen molar-refractivity contribution in [2.24, 2.45) is 0 Å². The van der Waals surface area contributed by atoms with Crippen molar-refractivity contribution in [1.29, 1.82) is 0 Å². The fourth-order valence-electron chi connectivity index (χ4n) is 5.24. The summed E-state index contributed by atoms with van der Waals surface area (Å²) in [5.74, 6) is -1.08. The Morgan fingerprint density at radius 2 is 1.57 bits per heavy atom. The van der Waals surface area contributed by atoms with Crippen LogP contribution in [0.4, 0.5) is 0 Å². The van der Waals surface area contributed by atoms with E-state index in [-0.39, 0.29) is 35.6 Å².